The summed E-state index contributed by atoms with van der Waals surface area (Å²) >= 11 is 0. The first kappa shape index (κ1) is 13.3. The lowest BCUT2D eigenvalue weighted by atomic mass is 10.1. The topological polar surface area (TPSA) is 76.8 Å². The van der Waals surface area contributed by atoms with E-state index in [4.69, 9.17) is 5.73 Å². The third-order valence-corrected chi connectivity index (χ3v) is 2.40. The third kappa shape index (κ3) is 3.95. The molecule has 1 atom stereocenters. The second kappa shape index (κ2) is 5.27. The minimum Gasteiger partial charge on any atom is -0.406 e. The molecule has 1 heterocycles. The van der Waals surface area contributed by atoms with E-state index in [1.165, 1.54) is 30.6 Å². The number of benzene rings is 1. The first-order valence-corrected chi connectivity index (χ1v) is 5.39. The van der Waals surface area contributed by atoms with Crippen molar-refractivity contribution < 1.29 is 17.9 Å². The van der Waals surface area contributed by atoms with Crippen molar-refractivity contribution in [2.45, 2.75) is 18.8 Å². The van der Waals surface area contributed by atoms with Crippen molar-refractivity contribution >= 4 is 0 Å². The molecule has 3 N–H and O–H groups in total. The fourth-order valence-corrected chi connectivity index (χ4v) is 1.57. The maximum absolute atomic E-state index is 12.0. The smallest absolute Gasteiger partial charge is 0.406 e. The number of aromatic nitrogens is 3. The summed E-state index contributed by atoms with van der Waals surface area (Å²) in [7, 11) is 0. The van der Waals surface area contributed by atoms with Crippen molar-refractivity contribution in [1.29, 1.82) is 0 Å². The number of halogens is 3. The maximum Gasteiger partial charge on any atom is 0.573 e. The molecule has 8 heteroatoms. The van der Waals surface area contributed by atoms with Gasteiger partial charge in [0.25, 0.3) is 0 Å². The number of nitrogens with one attached hydrogen (secondary N) is 1. The van der Waals surface area contributed by atoms with E-state index < -0.39 is 12.4 Å². The average molecular weight is 272 g/mol. The average Bonchev–Trinajstić information content (AvgIpc) is 2.83. The minimum atomic E-state index is -4.68. The number of ether oxygens (including phenoxy) is 1. The fraction of sp³-hybridized carbons (Fsp3) is 0.273. The number of rotatable bonds is 4. The molecule has 0 radical (unpaired) electrons. The molecule has 0 bridgehead atoms. The minimum absolute atomic E-state index is 0.260. The molecule has 0 aliphatic heterocycles. The normalized spacial score (nSPS) is 13.3. The molecular formula is C11H11F3N4O. The van der Waals surface area contributed by atoms with Gasteiger partial charge in [-0.2, -0.15) is 5.10 Å². The van der Waals surface area contributed by atoms with Crippen LogP contribution in [0.15, 0.2) is 30.6 Å². The van der Waals surface area contributed by atoms with E-state index in [-0.39, 0.29) is 5.75 Å². The summed E-state index contributed by atoms with van der Waals surface area (Å²) in [6.45, 7) is 0. The van der Waals surface area contributed by atoms with E-state index in [1.54, 1.807) is 0 Å². The highest BCUT2D eigenvalue weighted by Crippen LogP contribution is 2.23. The Hall–Kier alpha value is -2.09. The lowest BCUT2D eigenvalue weighted by Crippen LogP contribution is -2.17. The van der Waals surface area contributed by atoms with Gasteiger partial charge in [-0.25, -0.2) is 4.98 Å². The van der Waals surface area contributed by atoms with Gasteiger partial charge < -0.3 is 10.5 Å². The van der Waals surface area contributed by atoms with E-state index in [2.05, 4.69) is 19.9 Å². The van der Waals surface area contributed by atoms with E-state index >= 15 is 0 Å². The molecule has 1 unspecified atom stereocenters. The zero-order valence-corrected chi connectivity index (χ0v) is 9.69. The van der Waals surface area contributed by atoms with Crippen LogP contribution in [0.4, 0.5) is 13.2 Å². The van der Waals surface area contributed by atoms with Crippen LogP contribution in [0.5, 0.6) is 5.75 Å². The number of hydrogen-bond acceptors (Lipinski definition) is 4. The monoisotopic (exact) mass is 272 g/mol. The summed E-state index contributed by atoms with van der Waals surface area (Å²) in [6.07, 6.45) is -2.91. The Morgan fingerprint density at radius 1 is 1.26 bits per heavy atom. The van der Waals surface area contributed by atoms with Crippen molar-refractivity contribution in [2.24, 2.45) is 5.73 Å². The van der Waals surface area contributed by atoms with Gasteiger partial charge in [0.05, 0.1) is 6.04 Å². The van der Waals surface area contributed by atoms with Crippen molar-refractivity contribution in [1.82, 2.24) is 15.2 Å². The summed E-state index contributed by atoms with van der Waals surface area (Å²) in [4.78, 5) is 3.91. The van der Waals surface area contributed by atoms with Gasteiger partial charge in [-0.3, -0.25) is 5.10 Å². The van der Waals surface area contributed by atoms with Gasteiger partial charge in [-0.15, -0.1) is 13.2 Å². The zero-order valence-electron chi connectivity index (χ0n) is 9.69. The largest absolute Gasteiger partial charge is 0.573 e. The first-order chi connectivity index (χ1) is 8.94. The molecule has 0 saturated carbocycles. The zero-order chi connectivity index (χ0) is 13.9. The summed E-state index contributed by atoms with van der Waals surface area (Å²) in [5, 5.41) is 6.32. The molecule has 19 heavy (non-hydrogen) atoms. The Morgan fingerprint density at radius 2 is 1.95 bits per heavy atom. The molecule has 0 fully saturated rings. The van der Waals surface area contributed by atoms with Crippen LogP contribution in [0.3, 0.4) is 0 Å². The Morgan fingerprint density at radius 3 is 2.47 bits per heavy atom. The molecular weight excluding hydrogens is 261 g/mol. The van der Waals surface area contributed by atoms with Crippen LogP contribution in [0.1, 0.15) is 17.4 Å². The maximum atomic E-state index is 12.0. The second-order valence-corrected chi connectivity index (χ2v) is 3.87. The predicted molar refractivity (Wildman–Crippen MR) is 60.1 cm³/mol. The SMILES string of the molecule is NC(Cc1ccc(OC(F)(F)F)cc1)c1ncn[nH]1. The molecule has 102 valence electrons. The van der Waals surface area contributed by atoms with Crippen molar-refractivity contribution in [3.63, 3.8) is 0 Å². The summed E-state index contributed by atoms with van der Waals surface area (Å²) < 4.78 is 39.7. The Balaban J connectivity index is 1.99. The number of nitrogens with zero attached hydrogens (tertiary/aromatic N) is 2. The standard InChI is InChI=1S/C11H11F3N4O/c12-11(13,14)19-8-3-1-7(2-4-8)5-9(15)10-16-6-17-18-10/h1-4,6,9H,5,15H2,(H,16,17,18). The summed E-state index contributed by atoms with van der Waals surface area (Å²) in [6, 6.07) is 5.15. The number of alkyl halides is 3. The molecule has 0 amide bonds. The molecule has 0 saturated heterocycles. The van der Waals surface area contributed by atoms with Crippen molar-refractivity contribution in [3.8, 4) is 5.75 Å². The van der Waals surface area contributed by atoms with Gasteiger partial charge in [0, 0.05) is 0 Å². The molecule has 2 aromatic rings. The lowest BCUT2D eigenvalue weighted by molar-refractivity contribution is -0.274. The van der Waals surface area contributed by atoms with E-state index in [9.17, 15) is 13.2 Å². The molecule has 5 nitrogen and oxygen atoms in total. The van der Waals surface area contributed by atoms with Gasteiger partial charge >= 0.3 is 6.36 Å². The molecule has 1 aromatic carbocycles. The van der Waals surface area contributed by atoms with Crippen molar-refractivity contribution in [2.75, 3.05) is 0 Å². The molecule has 1 aromatic heterocycles. The third-order valence-electron chi connectivity index (χ3n) is 2.40. The molecule has 2 rings (SSSR count). The molecule has 0 aliphatic carbocycles. The van der Waals surface area contributed by atoms with Gasteiger partial charge in [-0.1, -0.05) is 12.1 Å². The van der Waals surface area contributed by atoms with Gasteiger partial charge in [0.1, 0.15) is 17.9 Å². The summed E-state index contributed by atoms with van der Waals surface area (Å²) in [5.41, 5.74) is 6.64. The highest BCUT2D eigenvalue weighted by Gasteiger charge is 2.30. The van der Waals surface area contributed by atoms with Gasteiger partial charge in [0.15, 0.2) is 0 Å². The highest BCUT2D eigenvalue weighted by molar-refractivity contribution is 5.28. The summed E-state index contributed by atoms with van der Waals surface area (Å²) in [5.74, 6) is 0.264. The van der Waals surface area contributed by atoms with Crippen LogP contribution in [0.25, 0.3) is 0 Å². The van der Waals surface area contributed by atoms with E-state index in [0.717, 1.165) is 5.56 Å². The number of nitrogens with two attached hydrogens (primary N) is 1. The van der Waals surface area contributed by atoms with Gasteiger partial charge in [-0.05, 0) is 24.1 Å². The van der Waals surface area contributed by atoms with Crippen molar-refractivity contribution in [3.05, 3.63) is 42.0 Å². The van der Waals surface area contributed by atoms with Crippen LogP contribution >= 0.6 is 0 Å². The fourth-order valence-electron chi connectivity index (χ4n) is 1.57. The van der Waals surface area contributed by atoms with Crippen LogP contribution in [-0.4, -0.2) is 21.5 Å². The lowest BCUT2D eigenvalue weighted by Gasteiger charge is -2.11. The second-order valence-electron chi connectivity index (χ2n) is 3.87. The first-order valence-electron chi connectivity index (χ1n) is 5.39. The molecule has 0 spiro atoms. The van der Waals surface area contributed by atoms with Crippen LogP contribution in [0, 0.1) is 0 Å². The quantitative estimate of drug-likeness (QED) is 0.891. The van der Waals surface area contributed by atoms with E-state index in [0.29, 0.717) is 12.2 Å². The predicted octanol–water partition coefficient (Wildman–Crippen LogP) is 1.95. The van der Waals surface area contributed by atoms with E-state index in [1.807, 2.05) is 0 Å². The van der Waals surface area contributed by atoms with Crippen LogP contribution < -0.4 is 10.5 Å². The van der Waals surface area contributed by atoms with Crippen LogP contribution in [-0.2, 0) is 6.42 Å². The Labute approximate surface area is 106 Å². The number of H-pyrrole nitrogens is 1. The number of aromatic amines is 1. The Bertz CT molecular complexity index is 510. The van der Waals surface area contributed by atoms with Gasteiger partial charge in [0.2, 0.25) is 0 Å². The highest BCUT2D eigenvalue weighted by atomic mass is 19.4. The van der Waals surface area contributed by atoms with Crippen LogP contribution in [0.2, 0.25) is 0 Å². The molecule has 0 aliphatic rings. The Kier molecular flexibility index (Phi) is 3.70. The number of hydrogen-bond donors (Lipinski definition) is 2.